The normalized spacial score (nSPS) is 15.5. The van der Waals surface area contributed by atoms with E-state index in [1.54, 1.807) is 0 Å². The van der Waals surface area contributed by atoms with Crippen LogP contribution < -0.4 is 0 Å². The molecule has 0 aromatic heterocycles. The lowest BCUT2D eigenvalue weighted by atomic mass is 10.2. The Labute approximate surface area is 174 Å². The fourth-order valence-corrected chi connectivity index (χ4v) is 3.26. The third-order valence-electron chi connectivity index (χ3n) is 4.81. The number of benzene rings is 2. The standard InChI is InChI=1S/C22H24N2O6/c25-20(26)14-24(22(28)30-16-18-9-5-2-6-10-18)19-11-12-23(13-19)21(27)29-15-17-7-3-1-4-8-17/h1-10,19H,11-16H2,(H,25,26)/t19-/m0/s1. The molecule has 1 fully saturated rings. The Morgan fingerprint density at radius 2 is 1.50 bits per heavy atom. The fourth-order valence-electron chi connectivity index (χ4n) is 3.26. The Balaban J connectivity index is 1.54. The van der Waals surface area contributed by atoms with Crippen LogP contribution in [0, 0.1) is 0 Å². The molecule has 1 atom stereocenters. The zero-order valence-electron chi connectivity index (χ0n) is 16.5. The molecule has 30 heavy (non-hydrogen) atoms. The highest BCUT2D eigenvalue weighted by Gasteiger charge is 2.35. The summed E-state index contributed by atoms with van der Waals surface area (Å²) in [6, 6.07) is 18.0. The Kier molecular flexibility index (Phi) is 7.26. The Morgan fingerprint density at radius 3 is 2.07 bits per heavy atom. The molecule has 1 aliphatic rings. The molecule has 2 aromatic rings. The third kappa shape index (κ3) is 5.97. The van der Waals surface area contributed by atoms with Crippen molar-refractivity contribution in [3.63, 3.8) is 0 Å². The van der Waals surface area contributed by atoms with Gasteiger partial charge in [-0.15, -0.1) is 0 Å². The number of carboxylic acid groups (broad SMARTS) is 1. The first-order valence-corrected chi connectivity index (χ1v) is 9.67. The monoisotopic (exact) mass is 412 g/mol. The van der Waals surface area contributed by atoms with E-state index in [0.29, 0.717) is 13.0 Å². The van der Waals surface area contributed by atoms with Crippen LogP contribution in [0.1, 0.15) is 17.5 Å². The van der Waals surface area contributed by atoms with Crippen LogP contribution >= 0.6 is 0 Å². The molecule has 158 valence electrons. The highest BCUT2D eigenvalue weighted by molar-refractivity contribution is 5.77. The molecule has 0 radical (unpaired) electrons. The first-order valence-electron chi connectivity index (χ1n) is 9.67. The number of carboxylic acids is 1. The molecular weight excluding hydrogens is 388 g/mol. The maximum atomic E-state index is 12.5. The van der Waals surface area contributed by atoms with Crippen LogP contribution in [0.15, 0.2) is 60.7 Å². The van der Waals surface area contributed by atoms with Gasteiger partial charge in [0.2, 0.25) is 0 Å². The average Bonchev–Trinajstić information content (AvgIpc) is 3.25. The van der Waals surface area contributed by atoms with Gasteiger partial charge in [-0.05, 0) is 17.5 Å². The molecular formula is C22H24N2O6. The van der Waals surface area contributed by atoms with Crippen molar-refractivity contribution >= 4 is 18.2 Å². The van der Waals surface area contributed by atoms with E-state index in [1.807, 2.05) is 60.7 Å². The molecule has 1 heterocycles. The van der Waals surface area contributed by atoms with E-state index in [0.717, 1.165) is 16.0 Å². The first-order chi connectivity index (χ1) is 14.5. The van der Waals surface area contributed by atoms with Crippen LogP contribution in [0.5, 0.6) is 0 Å². The molecule has 0 unspecified atom stereocenters. The molecule has 3 rings (SSSR count). The lowest BCUT2D eigenvalue weighted by Gasteiger charge is -2.26. The van der Waals surface area contributed by atoms with Crippen molar-refractivity contribution in [3.8, 4) is 0 Å². The summed E-state index contributed by atoms with van der Waals surface area (Å²) in [6.45, 7) is 0.275. The molecule has 1 aliphatic heterocycles. The summed E-state index contributed by atoms with van der Waals surface area (Å²) in [7, 11) is 0. The minimum Gasteiger partial charge on any atom is -0.480 e. The number of aliphatic carboxylic acids is 1. The van der Waals surface area contributed by atoms with Gasteiger partial charge >= 0.3 is 18.2 Å². The second-order valence-electron chi connectivity index (χ2n) is 6.99. The Bertz CT molecular complexity index is 858. The van der Waals surface area contributed by atoms with Crippen molar-refractivity contribution in [2.75, 3.05) is 19.6 Å². The van der Waals surface area contributed by atoms with Crippen LogP contribution in [0.25, 0.3) is 0 Å². The summed E-state index contributed by atoms with van der Waals surface area (Å²) in [5, 5.41) is 9.21. The Hall–Kier alpha value is -3.55. The van der Waals surface area contributed by atoms with Crippen LogP contribution in [0.3, 0.4) is 0 Å². The van der Waals surface area contributed by atoms with Crippen molar-refractivity contribution in [2.24, 2.45) is 0 Å². The van der Waals surface area contributed by atoms with Gasteiger partial charge in [0, 0.05) is 13.1 Å². The molecule has 0 aliphatic carbocycles. The zero-order chi connectivity index (χ0) is 21.3. The molecule has 2 aromatic carbocycles. The second kappa shape index (κ2) is 10.3. The number of ether oxygens (including phenoxy) is 2. The van der Waals surface area contributed by atoms with Gasteiger partial charge in [0.15, 0.2) is 0 Å². The van der Waals surface area contributed by atoms with Gasteiger partial charge in [-0.1, -0.05) is 60.7 Å². The number of rotatable bonds is 7. The van der Waals surface area contributed by atoms with E-state index in [1.165, 1.54) is 4.90 Å². The average molecular weight is 412 g/mol. The maximum absolute atomic E-state index is 12.5. The summed E-state index contributed by atoms with van der Waals surface area (Å²) >= 11 is 0. The molecule has 0 bridgehead atoms. The van der Waals surface area contributed by atoms with E-state index in [4.69, 9.17) is 9.47 Å². The predicted octanol–water partition coefficient (Wildman–Crippen LogP) is 3.12. The first kappa shape index (κ1) is 21.2. The predicted molar refractivity (Wildman–Crippen MR) is 108 cm³/mol. The lowest BCUT2D eigenvalue weighted by Crippen LogP contribution is -2.45. The third-order valence-corrected chi connectivity index (χ3v) is 4.81. The number of hydrogen-bond acceptors (Lipinski definition) is 5. The SMILES string of the molecule is O=C(O)CN(C(=O)OCc1ccccc1)[C@H]1CCN(C(=O)OCc2ccccc2)C1. The van der Waals surface area contributed by atoms with Crippen LogP contribution in [0.4, 0.5) is 9.59 Å². The second-order valence-corrected chi connectivity index (χ2v) is 6.99. The summed E-state index contributed by atoms with van der Waals surface area (Å²) < 4.78 is 10.6. The van der Waals surface area contributed by atoms with Gasteiger partial charge in [0.25, 0.3) is 0 Å². The highest BCUT2D eigenvalue weighted by Crippen LogP contribution is 2.18. The van der Waals surface area contributed by atoms with E-state index >= 15 is 0 Å². The van der Waals surface area contributed by atoms with Gasteiger partial charge in [-0.3, -0.25) is 9.69 Å². The van der Waals surface area contributed by atoms with Crippen molar-refractivity contribution in [2.45, 2.75) is 25.7 Å². The number of amides is 2. The van der Waals surface area contributed by atoms with Crippen molar-refractivity contribution in [1.82, 2.24) is 9.80 Å². The quantitative estimate of drug-likeness (QED) is 0.751. The smallest absolute Gasteiger partial charge is 0.410 e. The van der Waals surface area contributed by atoms with E-state index in [-0.39, 0.29) is 19.8 Å². The van der Waals surface area contributed by atoms with Crippen LogP contribution in [-0.4, -0.2) is 58.7 Å². The fraction of sp³-hybridized carbons (Fsp3) is 0.318. The molecule has 2 amide bonds. The van der Waals surface area contributed by atoms with Gasteiger partial charge < -0.3 is 19.5 Å². The van der Waals surface area contributed by atoms with Gasteiger partial charge in [0.05, 0.1) is 6.04 Å². The largest absolute Gasteiger partial charge is 0.480 e. The molecule has 8 nitrogen and oxygen atoms in total. The summed E-state index contributed by atoms with van der Waals surface area (Å²) in [5.74, 6) is -1.14. The topological polar surface area (TPSA) is 96.4 Å². The number of carbonyl (C=O) groups excluding carboxylic acids is 2. The molecule has 1 N–H and O–H groups in total. The summed E-state index contributed by atoms with van der Waals surface area (Å²) in [5.41, 5.74) is 1.68. The van der Waals surface area contributed by atoms with Crippen molar-refractivity contribution in [1.29, 1.82) is 0 Å². The highest BCUT2D eigenvalue weighted by atomic mass is 16.6. The van der Waals surface area contributed by atoms with E-state index in [2.05, 4.69) is 0 Å². The maximum Gasteiger partial charge on any atom is 0.410 e. The van der Waals surface area contributed by atoms with Crippen LogP contribution in [-0.2, 0) is 27.5 Å². The minimum atomic E-state index is -1.14. The summed E-state index contributed by atoms with van der Waals surface area (Å²) in [6.07, 6.45) is -0.756. The van der Waals surface area contributed by atoms with Gasteiger partial charge in [-0.25, -0.2) is 9.59 Å². The number of hydrogen-bond donors (Lipinski definition) is 1. The molecule has 8 heteroatoms. The van der Waals surface area contributed by atoms with E-state index in [9.17, 15) is 19.5 Å². The number of likely N-dealkylation sites (tertiary alicyclic amines) is 1. The molecule has 1 saturated heterocycles. The van der Waals surface area contributed by atoms with Crippen molar-refractivity contribution in [3.05, 3.63) is 71.8 Å². The van der Waals surface area contributed by atoms with Gasteiger partial charge in [0.1, 0.15) is 19.8 Å². The summed E-state index contributed by atoms with van der Waals surface area (Å²) in [4.78, 5) is 38.8. The Morgan fingerprint density at radius 1 is 0.933 bits per heavy atom. The number of carbonyl (C=O) groups is 3. The molecule has 0 spiro atoms. The zero-order valence-corrected chi connectivity index (χ0v) is 16.5. The number of nitrogens with zero attached hydrogens (tertiary/aromatic N) is 2. The van der Waals surface area contributed by atoms with Gasteiger partial charge in [-0.2, -0.15) is 0 Å². The lowest BCUT2D eigenvalue weighted by molar-refractivity contribution is -0.138. The van der Waals surface area contributed by atoms with E-state index < -0.39 is 30.7 Å². The minimum absolute atomic E-state index is 0.0470. The van der Waals surface area contributed by atoms with Crippen molar-refractivity contribution < 1.29 is 29.0 Å². The molecule has 0 saturated carbocycles. The van der Waals surface area contributed by atoms with Crippen LogP contribution in [0.2, 0.25) is 0 Å².